The number of rotatable bonds is 8. The highest BCUT2D eigenvalue weighted by atomic mass is 16.2. The number of carbonyl (C=O) groups excluding carboxylic acids is 2. The summed E-state index contributed by atoms with van der Waals surface area (Å²) in [5, 5.41) is 2.80. The van der Waals surface area contributed by atoms with E-state index in [0.29, 0.717) is 13.1 Å². The van der Waals surface area contributed by atoms with Gasteiger partial charge in [-0.1, -0.05) is 36.8 Å². The van der Waals surface area contributed by atoms with Crippen molar-refractivity contribution in [1.82, 2.24) is 20.0 Å². The topological polar surface area (TPSA) is 55.9 Å². The fourth-order valence-electron chi connectivity index (χ4n) is 3.11. The smallest absolute Gasteiger partial charge is 0.239 e. The van der Waals surface area contributed by atoms with Crippen LogP contribution in [-0.4, -0.2) is 79.4 Å². The fraction of sp³-hybridized carbons (Fsp3) is 0.600. The molecule has 1 aromatic rings. The van der Waals surface area contributed by atoms with Gasteiger partial charge in [0.25, 0.3) is 0 Å². The van der Waals surface area contributed by atoms with Gasteiger partial charge in [-0.15, -0.1) is 0 Å². The molecule has 1 N–H and O–H groups in total. The molecule has 1 aromatic carbocycles. The first-order valence-corrected chi connectivity index (χ1v) is 9.49. The van der Waals surface area contributed by atoms with Crippen LogP contribution in [0.5, 0.6) is 0 Å². The van der Waals surface area contributed by atoms with E-state index < -0.39 is 0 Å². The highest BCUT2D eigenvalue weighted by Gasteiger charge is 2.21. The van der Waals surface area contributed by atoms with Gasteiger partial charge in [0.1, 0.15) is 0 Å². The van der Waals surface area contributed by atoms with E-state index >= 15 is 0 Å². The summed E-state index contributed by atoms with van der Waals surface area (Å²) in [5.74, 6) is -0.0885. The SMILES string of the molecule is CCCNC(=O)CN(C)C(=O)CN1CCN(Cc2cccc(C)c2)CC1. The largest absolute Gasteiger partial charge is 0.355 e. The minimum absolute atomic E-state index is 0.00350. The molecule has 0 aliphatic carbocycles. The summed E-state index contributed by atoms with van der Waals surface area (Å²) in [4.78, 5) is 30.2. The Morgan fingerprint density at radius 1 is 1.15 bits per heavy atom. The van der Waals surface area contributed by atoms with Crippen molar-refractivity contribution in [3.05, 3.63) is 35.4 Å². The minimum Gasteiger partial charge on any atom is -0.355 e. The van der Waals surface area contributed by atoms with Gasteiger partial charge in [-0.05, 0) is 18.9 Å². The third kappa shape index (κ3) is 6.77. The molecule has 0 unspecified atom stereocenters. The lowest BCUT2D eigenvalue weighted by atomic mass is 10.1. The van der Waals surface area contributed by atoms with Gasteiger partial charge in [-0.2, -0.15) is 0 Å². The zero-order valence-electron chi connectivity index (χ0n) is 16.3. The van der Waals surface area contributed by atoms with E-state index in [1.807, 2.05) is 6.92 Å². The zero-order chi connectivity index (χ0) is 18.9. The molecule has 6 heteroatoms. The molecule has 2 amide bonds. The summed E-state index contributed by atoms with van der Waals surface area (Å²) in [6.45, 7) is 9.94. The second-order valence-corrected chi connectivity index (χ2v) is 7.14. The van der Waals surface area contributed by atoms with Crippen LogP contribution in [0.2, 0.25) is 0 Å². The van der Waals surface area contributed by atoms with Gasteiger partial charge in [-0.3, -0.25) is 19.4 Å². The number of nitrogens with zero attached hydrogens (tertiary/aromatic N) is 3. The van der Waals surface area contributed by atoms with Gasteiger partial charge in [0.15, 0.2) is 0 Å². The average molecular weight is 361 g/mol. The number of hydrogen-bond donors (Lipinski definition) is 1. The molecule has 0 atom stereocenters. The van der Waals surface area contributed by atoms with E-state index in [0.717, 1.165) is 39.1 Å². The predicted octanol–water partition coefficient (Wildman–Crippen LogP) is 1.10. The maximum atomic E-state index is 12.3. The summed E-state index contributed by atoms with van der Waals surface area (Å²) in [5.41, 5.74) is 2.63. The van der Waals surface area contributed by atoms with Crippen LogP contribution in [0.25, 0.3) is 0 Å². The number of aryl methyl sites for hydroxylation is 1. The van der Waals surface area contributed by atoms with Crippen LogP contribution >= 0.6 is 0 Å². The van der Waals surface area contributed by atoms with Crippen molar-refractivity contribution >= 4 is 11.8 Å². The molecule has 144 valence electrons. The van der Waals surface area contributed by atoms with Gasteiger partial charge in [0.05, 0.1) is 13.1 Å². The van der Waals surface area contributed by atoms with E-state index in [2.05, 4.69) is 46.3 Å². The first kappa shape index (κ1) is 20.4. The Morgan fingerprint density at radius 2 is 1.85 bits per heavy atom. The molecule has 1 heterocycles. The molecule has 0 aromatic heterocycles. The van der Waals surface area contributed by atoms with E-state index in [-0.39, 0.29) is 18.4 Å². The number of likely N-dealkylation sites (N-methyl/N-ethyl adjacent to an activating group) is 1. The van der Waals surface area contributed by atoms with Gasteiger partial charge < -0.3 is 10.2 Å². The van der Waals surface area contributed by atoms with Crippen LogP contribution in [0.4, 0.5) is 0 Å². The monoisotopic (exact) mass is 360 g/mol. The van der Waals surface area contributed by atoms with E-state index in [1.54, 1.807) is 7.05 Å². The highest BCUT2D eigenvalue weighted by Crippen LogP contribution is 2.10. The van der Waals surface area contributed by atoms with Crippen molar-refractivity contribution < 1.29 is 9.59 Å². The molecule has 1 aliphatic rings. The van der Waals surface area contributed by atoms with Crippen molar-refractivity contribution in [3.8, 4) is 0 Å². The molecule has 6 nitrogen and oxygen atoms in total. The molecule has 1 aliphatic heterocycles. The average Bonchev–Trinajstić information content (AvgIpc) is 2.61. The molecular formula is C20H32N4O2. The Labute approximate surface area is 157 Å². The lowest BCUT2D eigenvalue weighted by Crippen LogP contribution is -2.50. The van der Waals surface area contributed by atoms with Crippen molar-refractivity contribution in [2.24, 2.45) is 0 Å². The fourth-order valence-corrected chi connectivity index (χ4v) is 3.11. The van der Waals surface area contributed by atoms with Crippen molar-refractivity contribution in [2.45, 2.75) is 26.8 Å². The number of hydrogen-bond acceptors (Lipinski definition) is 4. The van der Waals surface area contributed by atoms with Gasteiger partial charge in [0.2, 0.25) is 11.8 Å². The minimum atomic E-state index is -0.0920. The van der Waals surface area contributed by atoms with Crippen molar-refractivity contribution in [3.63, 3.8) is 0 Å². The van der Waals surface area contributed by atoms with Crippen LogP contribution in [0.15, 0.2) is 24.3 Å². The molecule has 0 radical (unpaired) electrons. The molecule has 2 rings (SSSR count). The number of amides is 2. The summed E-state index contributed by atoms with van der Waals surface area (Å²) in [6, 6.07) is 8.62. The lowest BCUT2D eigenvalue weighted by molar-refractivity contribution is -0.136. The molecule has 0 bridgehead atoms. The maximum absolute atomic E-state index is 12.3. The number of carbonyl (C=O) groups is 2. The first-order chi connectivity index (χ1) is 12.5. The van der Waals surface area contributed by atoms with E-state index in [4.69, 9.17) is 0 Å². The number of piperazine rings is 1. The molecule has 1 saturated heterocycles. The van der Waals surface area contributed by atoms with Crippen LogP contribution in [0.3, 0.4) is 0 Å². The highest BCUT2D eigenvalue weighted by molar-refractivity contribution is 5.85. The second kappa shape index (κ2) is 10.3. The summed E-state index contributed by atoms with van der Waals surface area (Å²) in [6.07, 6.45) is 0.899. The first-order valence-electron chi connectivity index (χ1n) is 9.49. The third-order valence-electron chi connectivity index (χ3n) is 4.69. The van der Waals surface area contributed by atoms with Crippen LogP contribution in [-0.2, 0) is 16.1 Å². The summed E-state index contributed by atoms with van der Waals surface area (Å²) >= 11 is 0. The Balaban J connectivity index is 1.70. The molecule has 1 fully saturated rings. The van der Waals surface area contributed by atoms with Crippen molar-refractivity contribution in [2.75, 3.05) is 52.9 Å². The van der Waals surface area contributed by atoms with Gasteiger partial charge in [-0.25, -0.2) is 0 Å². The number of benzene rings is 1. The van der Waals surface area contributed by atoms with E-state index in [1.165, 1.54) is 16.0 Å². The standard InChI is InChI=1S/C20H32N4O2/c1-4-8-21-19(25)15-22(3)20(26)16-24-11-9-23(10-12-24)14-18-7-5-6-17(2)13-18/h5-7,13H,4,8-12,14-16H2,1-3H3,(H,21,25). The zero-order valence-corrected chi connectivity index (χ0v) is 16.3. The summed E-state index contributed by atoms with van der Waals surface area (Å²) in [7, 11) is 1.70. The molecule has 0 spiro atoms. The second-order valence-electron chi connectivity index (χ2n) is 7.14. The van der Waals surface area contributed by atoms with Crippen LogP contribution < -0.4 is 5.32 Å². The van der Waals surface area contributed by atoms with Gasteiger partial charge >= 0.3 is 0 Å². The quantitative estimate of drug-likeness (QED) is 0.754. The van der Waals surface area contributed by atoms with Crippen LogP contribution in [0.1, 0.15) is 24.5 Å². The van der Waals surface area contributed by atoms with E-state index in [9.17, 15) is 9.59 Å². The maximum Gasteiger partial charge on any atom is 0.239 e. The third-order valence-corrected chi connectivity index (χ3v) is 4.69. The predicted molar refractivity (Wildman–Crippen MR) is 104 cm³/mol. The molecule has 0 saturated carbocycles. The normalized spacial score (nSPS) is 15.7. The Kier molecular flexibility index (Phi) is 8.06. The molecular weight excluding hydrogens is 328 g/mol. The molecule has 26 heavy (non-hydrogen) atoms. The van der Waals surface area contributed by atoms with Crippen molar-refractivity contribution in [1.29, 1.82) is 0 Å². The summed E-state index contributed by atoms with van der Waals surface area (Å²) < 4.78 is 0. The Morgan fingerprint density at radius 3 is 2.50 bits per heavy atom. The Bertz CT molecular complexity index is 597. The number of nitrogens with one attached hydrogen (secondary N) is 1. The van der Waals surface area contributed by atoms with Gasteiger partial charge in [0, 0.05) is 46.3 Å². The lowest BCUT2D eigenvalue weighted by Gasteiger charge is -2.35. The Hall–Kier alpha value is -1.92. The van der Waals surface area contributed by atoms with Crippen LogP contribution in [0, 0.1) is 6.92 Å².